The number of hydrogen-bond donors (Lipinski definition) is 1. The van der Waals surface area contributed by atoms with E-state index in [1.807, 2.05) is 23.9 Å². The molecule has 0 unspecified atom stereocenters. The summed E-state index contributed by atoms with van der Waals surface area (Å²) in [6, 6.07) is 43.4. The topological polar surface area (TPSA) is 44.1 Å². The number of thioether (sulfide) groups is 1. The maximum atomic E-state index is 6.53. The molecule has 1 aliphatic rings. The quantitative estimate of drug-likeness (QED) is 0.233. The summed E-state index contributed by atoms with van der Waals surface area (Å²) in [5.74, 6) is 1.92. The van der Waals surface area contributed by atoms with Gasteiger partial charge in [0.05, 0.1) is 11.0 Å². The standard InChI is InChI=1S/C37H28N2OS/c38-31-21-22-35-36(30-9-3-6-12-34(30)40-35)37(31)41-23-24-13-15-25(16-14-24)26-17-19-27(20-18-26)39-32-10-4-1-7-28(32)29-8-2-5-11-33(29)39/h1-20H,21-23,38H2. The summed E-state index contributed by atoms with van der Waals surface area (Å²) < 4.78 is 8.51. The highest BCUT2D eigenvalue weighted by atomic mass is 32.2. The van der Waals surface area contributed by atoms with Gasteiger partial charge in [-0.15, -0.1) is 11.8 Å². The number of aromatic nitrogens is 1. The number of para-hydroxylation sites is 3. The zero-order valence-corrected chi connectivity index (χ0v) is 23.3. The Morgan fingerprint density at radius 1 is 0.634 bits per heavy atom. The molecule has 3 nitrogen and oxygen atoms in total. The highest BCUT2D eigenvalue weighted by Crippen LogP contribution is 2.44. The molecule has 0 bridgehead atoms. The Balaban J connectivity index is 1.04. The third-order valence-electron chi connectivity index (χ3n) is 8.18. The first-order valence-electron chi connectivity index (χ1n) is 14.0. The van der Waals surface area contributed by atoms with Gasteiger partial charge in [0.2, 0.25) is 0 Å². The zero-order valence-electron chi connectivity index (χ0n) is 22.5. The van der Waals surface area contributed by atoms with E-state index < -0.39 is 0 Å². The normalized spacial score (nSPS) is 13.4. The molecule has 1 aliphatic carbocycles. The Kier molecular flexibility index (Phi) is 5.75. The van der Waals surface area contributed by atoms with E-state index in [1.165, 1.54) is 54.7 Å². The van der Waals surface area contributed by atoms with E-state index in [4.69, 9.17) is 10.2 Å². The molecule has 2 N–H and O–H groups in total. The van der Waals surface area contributed by atoms with Crippen LogP contribution in [0.3, 0.4) is 0 Å². The lowest BCUT2D eigenvalue weighted by atomic mass is 10.00. The molecule has 0 amide bonds. The van der Waals surface area contributed by atoms with Crippen LogP contribution in [0.25, 0.3) is 54.5 Å². The van der Waals surface area contributed by atoms with E-state index in [9.17, 15) is 0 Å². The molecule has 0 saturated heterocycles. The van der Waals surface area contributed by atoms with Crippen molar-refractivity contribution in [3.05, 3.63) is 144 Å². The van der Waals surface area contributed by atoms with E-state index >= 15 is 0 Å². The fraction of sp³-hybridized carbons (Fsp3) is 0.0811. The lowest BCUT2D eigenvalue weighted by Gasteiger charge is -2.17. The second-order valence-electron chi connectivity index (χ2n) is 10.7. The van der Waals surface area contributed by atoms with Gasteiger partial charge < -0.3 is 14.7 Å². The summed E-state index contributed by atoms with van der Waals surface area (Å²) in [4.78, 5) is 1.17. The fourth-order valence-corrected chi connectivity index (χ4v) is 7.32. The molecule has 0 fully saturated rings. The van der Waals surface area contributed by atoms with Crippen molar-refractivity contribution in [2.24, 2.45) is 5.73 Å². The smallest absolute Gasteiger partial charge is 0.134 e. The minimum absolute atomic E-state index is 0.846. The second kappa shape index (κ2) is 9.76. The van der Waals surface area contributed by atoms with Crippen LogP contribution in [0.5, 0.6) is 0 Å². The summed E-state index contributed by atoms with van der Waals surface area (Å²) in [6.45, 7) is 0. The minimum atomic E-state index is 0.846. The molecule has 0 spiro atoms. The monoisotopic (exact) mass is 548 g/mol. The average Bonchev–Trinajstić information content (AvgIpc) is 3.57. The van der Waals surface area contributed by atoms with Crippen molar-refractivity contribution in [1.29, 1.82) is 0 Å². The number of allylic oxidation sites excluding steroid dienone is 1. The van der Waals surface area contributed by atoms with Crippen LogP contribution in [0.15, 0.2) is 131 Å². The van der Waals surface area contributed by atoms with Crippen molar-refractivity contribution < 1.29 is 4.42 Å². The molecule has 8 rings (SSSR count). The Hall–Kier alpha value is -4.67. The number of hydrogen-bond acceptors (Lipinski definition) is 3. The van der Waals surface area contributed by atoms with Crippen molar-refractivity contribution in [1.82, 2.24) is 4.57 Å². The molecule has 7 aromatic rings. The van der Waals surface area contributed by atoms with Gasteiger partial charge in [0.25, 0.3) is 0 Å². The molecule has 2 heterocycles. The molecule has 198 valence electrons. The van der Waals surface area contributed by atoms with E-state index in [0.29, 0.717) is 0 Å². The van der Waals surface area contributed by atoms with E-state index in [1.54, 1.807) is 0 Å². The number of nitrogens with zero attached hydrogens (tertiary/aromatic N) is 1. The number of aryl methyl sites for hydroxylation is 1. The molecule has 41 heavy (non-hydrogen) atoms. The Morgan fingerprint density at radius 2 is 1.22 bits per heavy atom. The van der Waals surface area contributed by atoms with E-state index in [2.05, 4.69) is 114 Å². The van der Waals surface area contributed by atoms with Crippen molar-refractivity contribution >= 4 is 49.4 Å². The lowest BCUT2D eigenvalue weighted by Crippen LogP contribution is -2.08. The number of fused-ring (bicyclic) bond motifs is 6. The maximum absolute atomic E-state index is 6.53. The lowest BCUT2D eigenvalue weighted by molar-refractivity contribution is 0.542. The first kappa shape index (κ1) is 24.2. The van der Waals surface area contributed by atoms with Crippen molar-refractivity contribution in [3.8, 4) is 16.8 Å². The largest absolute Gasteiger partial charge is 0.460 e. The minimum Gasteiger partial charge on any atom is -0.460 e. The summed E-state index contributed by atoms with van der Waals surface area (Å²) >= 11 is 1.82. The number of nitrogens with two attached hydrogens (primary N) is 1. The predicted octanol–water partition coefficient (Wildman–Crippen LogP) is 9.70. The summed E-state index contributed by atoms with van der Waals surface area (Å²) in [6.07, 6.45) is 1.71. The van der Waals surface area contributed by atoms with Crippen LogP contribution in [-0.2, 0) is 12.2 Å². The van der Waals surface area contributed by atoms with Gasteiger partial charge >= 0.3 is 0 Å². The van der Waals surface area contributed by atoms with Crippen LogP contribution in [-0.4, -0.2) is 4.57 Å². The SMILES string of the molecule is NC1=C(SCc2ccc(-c3ccc(-n4c5ccccc5c5ccccc54)cc3)cc2)c2c(oc3ccccc23)CC1. The van der Waals surface area contributed by atoms with Crippen LogP contribution in [0.4, 0.5) is 0 Å². The molecular weight excluding hydrogens is 520 g/mol. The number of rotatable bonds is 5. The van der Waals surface area contributed by atoms with Gasteiger partial charge in [-0.2, -0.15) is 0 Å². The van der Waals surface area contributed by atoms with Gasteiger partial charge in [-0.1, -0.05) is 91.0 Å². The average molecular weight is 549 g/mol. The van der Waals surface area contributed by atoms with Gasteiger partial charge in [0.15, 0.2) is 0 Å². The molecule has 0 saturated carbocycles. The van der Waals surface area contributed by atoms with E-state index in [-0.39, 0.29) is 0 Å². The van der Waals surface area contributed by atoms with Gasteiger partial charge in [-0.05, 0) is 53.4 Å². The highest BCUT2D eigenvalue weighted by molar-refractivity contribution is 8.07. The number of benzene rings is 5. The molecule has 0 aliphatic heterocycles. The van der Waals surface area contributed by atoms with Crippen molar-refractivity contribution in [2.45, 2.75) is 18.6 Å². The van der Waals surface area contributed by atoms with Gasteiger partial charge in [-0.3, -0.25) is 0 Å². The Bertz CT molecular complexity index is 2040. The first-order chi connectivity index (χ1) is 20.2. The van der Waals surface area contributed by atoms with Crippen molar-refractivity contribution in [2.75, 3.05) is 0 Å². The van der Waals surface area contributed by atoms with Gasteiger partial charge in [0, 0.05) is 50.2 Å². The van der Waals surface area contributed by atoms with Gasteiger partial charge in [-0.25, -0.2) is 0 Å². The molecular formula is C37H28N2OS. The van der Waals surface area contributed by atoms with Crippen LogP contribution in [0.2, 0.25) is 0 Å². The molecule has 5 aromatic carbocycles. The molecule has 0 radical (unpaired) electrons. The van der Waals surface area contributed by atoms with Crippen molar-refractivity contribution in [3.63, 3.8) is 0 Å². The molecule has 0 atom stereocenters. The zero-order chi connectivity index (χ0) is 27.3. The van der Waals surface area contributed by atoms with Gasteiger partial charge in [0.1, 0.15) is 11.3 Å². The third kappa shape index (κ3) is 4.06. The fourth-order valence-electron chi connectivity index (χ4n) is 6.16. The molecule has 2 aromatic heterocycles. The van der Waals surface area contributed by atoms with Crippen LogP contribution in [0, 0.1) is 0 Å². The Labute approximate surface area is 242 Å². The van der Waals surface area contributed by atoms with Crippen LogP contribution >= 0.6 is 11.8 Å². The van der Waals surface area contributed by atoms with Crippen LogP contribution < -0.4 is 5.73 Å². The number of furan rings is 1. The van der Waals surface area contributed by atoms with E-state index in [0.717, 1.165) is 41.0 Å². The van der Waals surface area contributed by atoms with Crippen LogP contribution in [0.1, 0.15) is 23.3 Å². The summed E-state index contributed by atoms with van der Waals surface area (Å²) in [7, 11) is 0. The highest BCUT2D eigenvalue weighted by Gasteiger charge is 2.24. The summed E-state index contributed by atoms with van der Waals surface area (Å²) in [5, 5.41) is 3.72. The summed E-state index contributed by atoms with van der Waals surface area (Å²) in [5.41, 5.74) is 17.0. The third-order valence-corrected chi connectivity index (χ3v) is 9.42. The second-order valence-corrected chi connectivity index (χ2v) is 11.6. The Morgan fingerprint density at radius 3 is 1.90 bits per heavy atom. The maximum Gasteiger partial charge on any atom is 0.134 e. The predicted molar refractivity (Wildman–Crippen MR) is 173 cm³/mol. The first-order valence-corrected chi connectivity index (χ1v) is 15.0. The molecule has 4 heteroatoms.